The molecule has 4 rings (SSSR count). The van der Waals surface area contributed by atoms with E-state index in [0.717, 1.165) is 29.1 Å². The fraction of sp³-hybridized carbons (Fsp3) is 0.412. The van der Waals surface area contributed by atoms with Crippen LogP contribution >= 0.6 is 0 Å². The van der Waals surface area contributed by atoms with E-state index in [1.165, 1.54) is 0 Å². The smallest absolute Gasteiger partial charge is 0.244 e. The van der Waals surface area contributed by atoms with Gasteiger partial charge in [-0.05, 0) is 31.8 Å². The molecule has 0 aliphatic carbocycles. The van der Waals surface area contributed by atoms with E-state index in [-0.39, 0.29) is 18.7 Å². The van der Waals surface area contributed by atoms with Crippen LogP contribution < -0.4 is 9.47 Å². The van der Waals surface area contributed by atoms with Crippen molar-refractivity contribution < 1.29 is 14.3 Å². The number of fused-ring (bicyclic) bond motifs is 2. The monoisotopic (exact) mass is 328 g/mol. The van der Waals surface area contributed by atoms with Crippen molar-refractivity contribution in [2.24, 2.45) is 0 Å². The minimum absolute atomic E-state index is 0.0825. The molecule has 0 saturated heterocycles. The Balaban J connectivity index is 1.60. The molecule has 2 aliphatic rings. The molecular weight excluding hydrogens is 308 g/mol. The number of rotatable bonds is 3. The van der Waals surface area contributed by atoms with Crippen molar-refractivity contribution in [3.63, 3.8) is 0 Å². The highest BCUT2D eigenvalue weighted by molar-refractivity contribution is 5.83. The first-order valence-corrected chi connectivity index (χ1v) is 7.99. The summed E-state index contributed by atoms with van der Waals surface area (Å²) in [5.41, 5.74) is 2.99. The van der Waals surface area contributed by atoms with Crippen LogP contribution in [0, 0.1) is 0 Å². The van der Waals surface area contributed by atoms with Crippen molar-refractivity contribution in [3.8, 4) is 11.5 Å². The zero-order chi connectivity index (χ0) is 16.7. The molecular formula is C17H20N4O3. The Labute approximate surface area is 140 Å². The van der Waals surface area contributed by atoms with Gasteiger partial charge in [-0.15, -0.1) is 0 Å². The molecule has 126 valence electrons. The van der Waals surface area contributed by atoms with Gasteiger partial charge in [0.1, 0.15) is 6.04 Å². The number of imidazole rings is 1. The number of ether oxygens (including phenoxy) is 2. The van der Waals surface area contributed by atoms with Crippen LogP contribution in [0.15, 0.2) is 24.5 Å². The second-order valence-corrected chi connectivity index (χ2v) is 6.32. The Bertz CT molecular complexity index is 771. The van der Waals surface area contributed by atoms with Crippen LogP contribution in [0.1, 0.15) is 23.0 Å². The molecule has 1 N–H and O–H groups in total. The molecule has 0 saturated carbocycles. The summed E-state index contributed by atoms with van der Waals surface area (Å²) in [6.07, 6.45) is 2.48. The predicted octanol–water partition coefficient (Wildman–Crippen LogP) is 1.33. The highest BCUT2D eigenvalue weighted by Crippen LogP contribution is 2.35. The van der Waals surface area contributed by atoms with E-state index in [9.17, 15) is 4.79 Å². The fourth-order valence-electron chi connectivity index (χ4n) is 3.32. The van der Waals surface area contributed by atoms with Crippen molar-refractivity contribution in [2.75, 3.05) is 27.4 Å². The largest absolute Gasteiger partial charge is 0.454 e. The minimum Gasteiger partial charge on any atom is -0.454 e. The van der Waals surface area contributed by atoms with Gasteiger partial charge in [-0.3, -0.25) is 9.69 Å². The van der Waals surface area contributed by atoms with E-state index in [4.69, 9.17) is 9.47 Å². The summed E-state index contributed by atoms with van der Waals surface area (Å²) in [6.45, 7) is 1.49. The maximum atomic E-state index is 13.1. The molecule has 1 aromatic carbocycles. The number of carbonyl (C=O) groups is 1. The van der Waals surface area contributed by atoms with Gasteiger partial charge in [-0.25, -0.2) is 4.98 Å². The first-order chi connectivity index (χ1) is 11.6. The Hall–Kier alpha value is -2.54. The molecule has 7 heteroatoms. The number of H-pyrrole nitrogens is 1. The van der Waals surface area contributed by atoms with Crippen molar-refractivity contribution in [2.45, 2.75) is 19.0 Å². The van der Waals surface area contributed by atoms with Crippen molar-refractivity contribution >= 4 is 5.91 Å². The summed E-state index contributed by atoms with van der Waals surface area (Å²) in [5, 5.41) is 0. The van der Waals surface area contributed by atoms with Crippen molar-refractivity contribution in [3.05, 3.63) is 41.5 Å². The molecule has 24 heavy (non-hydrogen) atoms. The summed E-state index contributed by atoms with van der Waals surface area (Å²) < 4.78 is 10.8. The molecule has 3 heterocycles. The minimum atomic E-state index is -0.357. The van der Waals surface area contributed by atoms with Crippen LogP contribution in [0.2, 0.25) is 0 Å². The number of hydrogen-bond acceptors (Lipinski definition) is 5. The van der Waals surface area contributed by atoms with Gasteiger partial charge < -0.3 is 19.4 Å². The summed E-state index contributed by atoms with van der Waals surface area (Å²) >= 11 is 0. The molecule has 1 atom stereocenters. The molecule has 0 spiro atoms. The van der Waals surface area contributed by atoms with Crippen LogP contribution in [-0.2, 0) is 17.8 Å². The van der Waals surface area contributed by atoms with Gasteiger partial charge >= 0.3 is 0 Å². The first kappa shape index (κ1) is 15.0. The van der Waals surface area contributed by atoms with Gasteiger partial charge in [0.25, 0.3) is 0 Å². The van der Waals surface area contributed by atoms with E-state index in [1.54, 1.807) is 6.33 Å². The van der Waals surface area contributed by atoms with Crippen LogP contribution in [0.5, 0.6) is 11.5 Å². The van der Waals surface area contributed by atoms with Gasteiger partial charge in [0.15, 0.2) is 11.5 Å². The van der Waals surface area contributed by atoms with E-state index in [1.807, 2.05) is 42.1 Å². The van der Waals surface area contributed by atoms with E-state index in [2.05, 4.69) is 9.97 Å². The topological polar surface area (TPSA) is 70.7 Å². The Kier molecular flexibility index (Phi) is 3.65. The molecule has 0 radical (unpaired) electrons. The number of carbonyl (C=O) groups excluding carboxylic acids is 1. The number of benzene rings is 1. The van der Waals surface area contributed by atoms with Gasteiger partial charge in [0, 0.05) is 13.0 Å². The Morgan fingerprint density at radius 1 is 1.33 bits per heavy atom. The van der Waals surface area contributed by atoms with Crippen LogP contribution in [0.3, 0.4) is 0 Å². The summed E-state index contributed by atoms with van der Waals surface area (Å²) in [7, 11) is 3.83. The normalized spacial score (nSPS) is 17.0. The predicted molar refractivity (Wildman–Crippen MR) is 86.7 cm³/mol. The second-order valence-electron chi connectivity index (χ2n) is 6.32. The van der Waals surface area contributed by atoms with Gasteiger partial charge in [0.05, 0.1) is 24.3 Å². The van der Waals surface area contributed by atoms with Gasteiger partial charge in [-0.2, -0.15) is 0 Å². The maximum Gasteiger partial charge on any atom is 0.244 e. The Morgan fingerprint density at radius 2 is 2.17 bits per heavy atom. The van der Waals surface area contributed by atoms with E-state index >= 15 is 0 Å². The third-order valence-electron chi connectivity index (χ3n) is 4.55. The molecule has 1 unspecified atom stereocenters. The van der Waals surface area contributed by atoms with E-state index < -0.39 is 0 Å². The molecule has 7 nitrogen and oxygen atoms in total. The number of aromatic nitrogens is 2. The summed E-state index contributed by atoms with van der Waals surface area (Å²) in [5.74, 6) is 1.50. The summed E-state index contributed by atoms with van der Waals surface area (Å²) in [4.78, 5) is 24.4. The molecule has 2 aromatic rings. The number of nitrogens with one attached hydrogen (secondary N) is 1. The number of hydrogen-bond donors (Lipinski definition) is 1. The SMILES string of the molecule is CN(C)C(C(=O)N1CCc2nc[nH]c2C1)c1ccc2c(c1)OCO2. The second kappa shape index (κ2) is 5.83. The highest BCUT2D eigenvalue weighted by atomic mass is 16.7. The van der Waals surface area contributed by atoms with Gasteiger partial charge in [-0.1, -0.05) is 6.07 Å². The molecule has 1 amide bonds. The standard InChI is InChI=1S/C17H20N4O3/c1-20(2)16(11-3-4-14-15(7-11)24-10-23-14)17(22)21-6-5-12-13(8-21)19-9-18-12/h3-4,7,9,16H,5-6,8,10H2,1-2H3,(H,18,19). The number of amides is 1. The summed E-state index contributed by atoms with van der Waals surface area (Å²) in [6, 6.07) is 5.34. The van der Waals surface area contributed by atoms with E-state index in [0.29, 0.717) is 18.8 Å². The highest BCUT2D eigenvalue weighted by Gasteiger charge is 2.31. The van der Waals surface area contributed by atoms with Crippen molar-refractivity contribution in [1.29, 1.82) is 0 Å². The van der Waals surface area contributed by atoms with Crippen LogP contribution in [0.4, 0.5) is 0 Å². The quantitative estimate of drug-likeness (QED) is 0.920. The average Bonchev–Trinajstić information content (AvgIpc) is 3.22. The Morgan fingerprint density at radius 3 is 3.00 bits per heavy atom. The first-order valence-electron chi connectivity index (χ1n) is 7.99. The van der Waals surface area contributed by atoms with Crippen LogP contribution in [-0.4, -0.2) is 53.1 Å². The molecule has 0 bridgehead atoms. The lowest BCUT2D eigenvalue weighted by Gasteiger charge is -2.33. The lowest BCUT2D eigenvalue weighted by atomic mass is 10.0. The fourth-order valence-corrected chi connectivity index (χ4v) is 3.32. The third-order valence-corrected chi connectivity index (χ3v) is 4.55. The molecule has 0 fully saturated rings. The number of nitrogens with zero attached hydrogens (tertiary/aromatic N) is 3. The number of likely N-dealkylation sites (N-methyl/N-ethyl adjacent to an activating group) is 1. The zero-order valence-electron chi connectivity index (χ0n) is 13.8. The van der Waals surface area contributed by atoms with Crippen LogP contribution in [0.25, 0.3) is 0 Å². The lowest BCUT2D eigenvalue weighted by Crippen LogP contribution is -2.43. The third kappa shape index (κ3) is 2.50. The van der Waals surface area contributed by atoms with Crippen molar-refractivity contribution in [1.82, 2.24) is 19.8 Å². The molecule has 2 aliphatic heterocycles. The maximum absolute atomic E-state index is 13.1. The zero-order valence-corrected chi connectivity index (χ0v) is 13.8. The average molecular weight is 328 g/mol. The molecule has 1 aromatic heterocycles. The number of aromatic amines is 1. The lowest BCUT2D eigenvalue weighted by molar-refractivity contribution is -0.137. The van der Waals surface area contributed by atoms with Gasteiger partial charge in [0.2, 0.25) is 12.7 Å².